The summed E-state index contributed by atoms with van der Waals surface area (Å²) in [5.41, 5.74) is -7.48. The van der Waals surface area contributed by atoms with Crippen molar-refractivity contribution in [2.45, 2.75) is 77.7 Å². The Labute approximate surface area is 216 Å². The summed E-state index contributed by atoms with van der Waals surface area (Å²) in [4.78, 5) is 50.8. The molecule has 0 saturated heterocycles. The van der Waals surface area contributed by atoms with Crippen LogP contribution in [0.2, 0.25) is 0 Å². The summed E-state index contributed by atoms with van der Waals surface area (Å²) < 4.78 is 27.4. The van der Waals surface area contributed by atoms with E-state index < -0.39 is 75.7 Å². The summed E-state index contributed by atoms with van der Waals surface area (Å²) in [6.45, 7) is 7.36. The van der Waals surface area contributed by atoms with Crippen LogP contribution in [0.4, 0.5) is 4.39 Å². The van der Waals surface area contributed by atoms with E-state index in [1.807, 2.05) is 0 Å². The number of ether oxygens (including phenoxy) is 2. The van der Waals surface area contributed by atoms with Gasteiger partial charge in [-0.1, -0.05) is 18.6 Å². The number of aliphatic hydroxyl groups excluding tert-OH is 1. The average Bonchev–Trinajstić information content (AvgIpc) is 3.05. The first-order valence-electron chi connectivity index (χ1n) is 12.8. The Hall–Kier alpha value is -2.39. The van der Waals surface area contributed by atoms with Crippen molar-refractivity contribution < 1.29 is 43.3 Å². The molecule has 0 radical (unpaired) electrons. The third-order valence-electron chi connectivity index (χ3n) is 9.75. The normalized spacial score (nSPS) is 42.7. The Bertz CT molecular complexity index is 1100. The fourth-order valence-corrected chi connectivity index (χ4v) is 7.63. The van der Waals surface area contributed by atoms with E-state index in [1.54, 1.807) is 34.6 Å². The Morgan fingerprint density at radius 1 is 1.19 bits per heavy atom. The lowest BCUT2D eigenvalue weighted by atomic mass is 9.44. The fourth-order valence-electron chi connectivity index (χ4n) is 7.63. The molecule has 204 valence electrons. The van der Waals surface area contributed by atoms with Gasteiger partial charge in [0.1, 0.15) is 5.60 Å². The monoisotopic (exact) mass is 520 g/mol. The van der Waals surface area contributed by atoms with Crippen LogP contribution in [0.25, 0.3) is 0 Å². The van der Waals surface area contributed by atoms with E-state index in [0.29, 0.717) is 12.0 Å². The third kappa shape index (κ3) is 3.60. The van der Waals surface area contributed by atoms with Crippen LogP contribution in [0, 0.1) is 34.0 Å². The summed E-state index contributed by atoms with van der Waals surface area (Å²) in [6.07, 6.45) is 2.99. The van der Waals surface area contributed by atoms with E-state index in [0.717, 1.165) is 7.11 Å². The third-order valence-corrected chi connectivity index (χ3v) is 9.75. The predicted molar refractivity (Wildman–Crippen MR) is 130 cm³/mol. The van der Waals surface area contributed by atoms with Crippen molar-refractivity contribution in [2.24, 2.45) is 34.0 Å². The Kier molecular flexibility index (Phi) is 6.40. The quantitative estimate of drug-likeness (QED) is 0.542. The van der Waals surface area contributed by atoms with Gasteiger partial charge in [-0.15, -0.1) is 0 Å². The average molecular weight is 521 g/mol. The number of carbonyl (C=O) groups excluding carboxylic acids is 4. The number of hydrogen-bond donors (Lipinski definition) is 2. The van der Waals surface area contributed by atoms with Crippen LogP contribution < -0.4 is 0 Å². The van der Waals surface area contributed by atoms with Gasteiger partial charge in [0.25, 0.3) is 0 Å². The van der Waals surface area contributed by atoms with Crippen LogP contribution in [0.5, 0.6) is 0 Å². The molecule has 0 aromatic carbocycles. The van der Waals surface area contributed by atoms with Gasteiger partial charge in [0.05, 0.1) is 24.5 Å². The molecule has 0 aliphatic heterocycles. The number of rotatable bonds is 4. The summed E-state index contributed by atoms with van der Waals surface area (Å²) >= 11 is 0. The van der Waals surface area contributed by atoms with Crippen molar-refractivity contribution in [1.82, 2.24) is 0 Å². The minimum atomic E-state index is -2.35. The summed E-state index contributed by atoms with van der Waals surface area (Å²) in [6, 6.07) is 0. The number of Topliss-reactive ketones (excluding diaryl/α,β-unsaturated/α-hetero) is 1. The van der Waals surface area contributed by atoms with E-state index in [9.17, 15) is 29.4 Å². The second-order valence-electron chi connectivity index (χ2n) is 12.6. The first-order valence-corrected chi connectivity index (χ1v) is 12.8. The molecule has 8 nitrogen and oxygen atoms in total. The second kappa shape index (κ2) is 8.56. The van der Waals surface area contributed by atoms with Crippen molar-refractivity contribution in [3.63, 3.8) is 0 Å². The second-order valence-corrected chi connectivity index (χ2v) is 12.6. The molecule has 0 aromatic rings. The summed E-state index contributed by atoms with van der Waals surface area (Å²) in [5.74, 6) is -5.39. The highest BCUT2D eigenvalue weighted by Crippen LogP contribution is 2.70. The van der Waals surface area contributed by atoms with Crippen LogP contribution >= 0.6 is 0 Å². The van der Waals surface area contributed by atoms with E-state index in [-0.39, 0.29) is 25.0 Å². The van der Waals surface area contributed by atoms with E-state index >= 15 is 4.39 Å². The molecular formula is C28H37FO8. The van der Waals surface area contributed by atoms with Gasteiger partial charge in [0.2, 0.25) is 5.78 Å². The first-order chi connectivity index (χ1) is 17.0. The Morgan fingerprint density at radius 3 is 2.43 bits per heavy atom. The highest BCUT2D eigenvalue weighted by atomic mass is 19.1. The topological polar surface area (TPSA) is 127 Å². The lowest BCUT2D eigenvalue weighted by Crippen LogP contribution is -2.69. The maximum Gasteiger partial charge on any atom is 0.312 e. The van der Waals surface area contributed by atoms with Gasteiger partial charge in [0.15, 0.2) is 18.1 Å². The summed E-state index contributed by atoms with van der Waals surface area (Å²) in [7, 11) is 1.15. The molecule has 2 N–H and O–H groups in total. The number of alkyl halides is 1. The number of carbonyl (C=O) groups is 4. The maximum absolute atomic E-state index is 17.3. The number of hydrogen-bond acceptors (Lipinski definition) is 8. The molecule has 4 rings (SSSR count). The smallest absolute Gasteiger partial charge is 0.312 e. The number of methoxy groups -OCH3 is 1. The van der Waals surface area contributed by atoms with E-state index in [4.69, 9.17) is 9.47 Å². The van der Waals surface area contributed by atoms with Gasteiger partial charge >= 0.3 is 11.9 Å². The number of esters is 2. The number of aliphatic hydroxyl groups is 2. The molecule has 3 saturated carbocycles. The number of allylic oxidation sites excluding steroid dienone is 4. The van der Waals surface area contributed by atoms with Crippen molar-refractivity contribution in [3.05, 3.63) is 23.8 Å². The minimum Gasteiger partial charge on any atom is -0.469 e. The van der Waals surface area contributed by atoms with Crippen molar-refractivity contribution in [1.29, 1.82) is 0 Å². The van der Waals surface area contributed by atoms with Gasteiger partial charge in [-0.25, -0.2) is 4.39 Å². The molecule has 9 heteroatoms. The SMILES string of the molecule is COC(=O)[C@@H]1C[C@H]2[C@@H]3CCC4=CC(=O)C=C[C@]4(C)[C@@]3(F)[C@@H](O)C[C@]2(C)[C@@]1(O)C(=O)COC(=O)C(C)(C)C. The predicted octanol–water partition coefficient (Wildman–Crippen LogP) is 2.65. The molecule has 0 amide bonds. The van der Waals surface area contributed by atoms with Crippen LogP contribution in [-0.2, 0) is 28.7 Å². The lowest BCUT2D eigenvalue weighted by molar-refractivity contribution is -0.221. The Balaban J connectivity index is 1.77. The van der Waals surface area contributed by atoms with Crippen LogP contribution in [0.1, 0.15) is 60.3 Å². The number of ketones is 2. The first kappa shape index (κ1) is 27.6. The molecule has 8 atom stereocenters. The van der Waals surface area contributed by atoms with Crippen molar-refractivity contribution in [3.8, 4) is 0 Å². The molecule has 0 heterocycles. The molecule has 0 aromatic heterocycles. The van der Waals surface area contributed by atoms with Gasteiger partial charge in [0, 0.05) is 16.7 Å². The van der Waals surface area contributed by atoms with Crippen LogP contribution in [-0.4, -0.2) is 64.8 Å². The molecule has 0 unspecified atom stereocenters. The molecule has 0 spiro atoms. The highest BCUT2D eigenvalue weighted by Gasteiger charge is 2.77. The summed E-state index contributed by atoms with van der Waals surface area (Å²) in [5, 5.41) is 23.5. The number of fused-ring (bicyclic) bond motifs is 5. The van der Waals surface area contributed by atoms with Gasteiger partial charge < -0.3 is 19.7 Å². The molecule has 0 bridgehead atoms. The van der Waals surface area contributed by atoms with E-state index in [1.165, 1.54) is 18.2 Å². The largest absolute Gasteiger partial charge is 0.469 e. The molecular weight excluding hydrogens is 483 g/mol. The van der Waals surface area contributed by atoms with Crippen LogP contribution in [0.15, 0.2) is 23.8 Å². The molecule has 4 aliphatic carbocycles. The van der Waals surface area contributed by atoms with Gasteiger partial charge in [-0.2, -0.15) is 0 Å². The zero-order chi connectivity index (χ0) is 27.8. The maximum atomic E-state index is 17.3. The highest BCUT2D eigenvalue weighted by molar-refractivity contribution is 6.01. The fraction of sp³-hybridized carbons (Fsp3) is 0.714. The van der Waals surface area contributed by atoms with Crippen molar-refractivity contribution >= 4 is 23.5 Å². The number of halogens is 1. The van der Waals surface area contributed by atoms with Crippen LogP contribution in [0.3, 0.4) is 0 Å². The molecule has 37 heavy (non-hydrogen) atoms. The van der Waals surface area contributed by atoms with Gasteiger partial charge in [-0.3, -0.25) is 19.2 Å². The molecule has 3 fully saturated rings. The Morgan fingerprint density at radius 2 is 1.84 bits per heavy atom. The standard InChI is InChI=1S/C28H37FO8/c1-24(2,3)23(34)37-14-21(32)28(35)19(22(33)36-6)12-18-17-8-7-15-11-16(30)9-10-25(15,4)27(17,29)20(31)13-26(18,28)5/h9-11,17-20,31,35H,7-8,12-14H2,1-6H3/t17-,18-,19-,20-,25-,26-,27-,28-/m0/s1. The van der Waals surface area contributed by atoms with E-state index in [2.05, 4.69) is 0 Å². The minimum absolute atomic E-state index is 0.0283. The van der Waals surface area contributed by atoms with Crippen molar-refractivity contribution in [2.75, 3.05) is 13.7 Å². The zero-order valence-electron chi connectivity index (χ0n) is 22.3. The molecule has 4 aliphatic rings. The lowest BCUT2D eigenvalue weighted by Gasteiger charge is -2.62. The van der Waals surface area contributed by atoms with Gasteiger partial charge in [-0.05, 0) is 71.4 Å². The zero-order valence-corrected chi connectivity index (χ0v) is 22.3.